The average Bonchev–Trinajstić information content (AvgIpc) is 3.30. The van der Waals surface area contributed by atoms with Crippen LogP contribution in [0.1, 0.15) is 11.1 Å². The summed E-state index contributed by atoms with van der Waals surface area (Å²) in [5.74, 6) is 5.55. The first-order valence-electron chi connectivity index (χ1n) is 10.2. The SMILES string of the molecule is CNO.Cc1ccc(C#N)cc1.N/C(=C\N(N)CC=O)CNSc1ccc(-c2ccccc2)s1. The molecular weight excluding hydrogens is 468 g/mol. The third kappa shape index (κ3) is 12.2. The highest BCUT2D eigenvalue weighted by Gasteiger charge is 2.03. The molecule has 0 aliphatic rings. The normalized spacial score (nSPS) is 10.1. The van der Waals surface area contributed by atoms with Crippen LogP contribution in [0.15, 0.2) is 82.8 Å². The van der Waals surface area contributed by atoms with E-state index in [1.165, 1.54) is 40.0 Å². The molecule has 3 aromatic rings. The van der Waals surface area contributed by atoms with Gasteiger partial charge < -0.3 is 20.7 Å². The highest BCUT2D eigenvalue weighted by atomic mass is 32.2. The zero-order chi connectivity index (χ0) is 25.2. The van der Waals surface area contributed by atoms with Crippen molar-refractivity contribution in [3.8, 4) is 16.5 Å². The van der Waals surface area contributed by atoms with Crippen molar-refractivity contribution >= 4 is 29.6 Å². The number of carbonyl (C=O) groups is 1. The summed E-state index contributed by atoms with van der Waals surface area (Å²) in [6.45, 7) is 2.61. The van der Waals surface area contributed by atoms with E-state index in [9.17, 15) is 4.79 Å². The van der Waals surface area contributed by atoms with Gasteiger partial charge in [0.2, 0.25) is 0 Å². The molecule has 1 aromatic heterocycles. The molecule has 0 aliphatic heterocycles. The summed E-state index contributed by atoms with van der Waals surface area (Å²) in [6.07, 6.45) is 2.27. The Morgan fingerprint density at radius 3 is 2.41 bits per heavy atom. The zero-order valence-electron chi connectivity index (χ0n) is 19.1. The number of benzene rings is 2. The number of hydrazine groups is 1. The van der Waals surface area contributed by atoms with Gasteiger partial charge >= 0.3 is 0 Å². The third-order valence-electron chi connectivity index (χ3n) is 3.89. The second-order valence-corrected chi connectivity index (χ2v) is 8.95. The van der Waals surface area contributed by atoms with Gasteiger partial charge in [0.05, 0.1) is 22.4 Å². The minimum Gasteiger partial charge on any atom is -0.400 e. The molecule has 0 aliphatic carbocycles. The number of aryl methyl sites for hydroxylation is 1. The van der Waals surface area contributed by atoms with E-state index in [-0.39, 0.29) is 6.54 Å². The summed E-state index contributed by atoms with van der Waals surface area (Å²) in [5.41, 5.74) is 11.3. The van der Waals surface area contributed by atoms with Crippen LogP contribution < -0.4 is 21.8 Å². The molecule has 34 heavy (non-hydrogen) atoms. The number of nitrogens with one attached hydrogen (secondary N) is 2. The maximum absolute atomic E-state index is 10.3. The van der Waals surface area contributed by atoms with Crippen LogP contribution in [0.5, 0.6) is 0 Å². The number of nitrogens with two attached hydrogens (primary N) is 2. The Labute approximate surface area is 208 Å². The van der Waals surface area contributed by atoms with Gasteiger partial charge in [-0.15, -0.1) is 11.3 Å². The maximum Gasteiger partial charge on any atom is 0.140 e. The Kier molecular flexibility index (Phi) is 14.7. The second-order valence-electron chi connectivity index (χ2n) is 6.68. The van der Waals surface area contributed by atoms with Gasteiger partial charge in [-0.25, -0.2) is 11.3 Å². The van der Waals surface area contributed by atoms with E-state index in [0.29, 0.717) is 12.2 Å². The Morgan fingerprint density at radius 2 is 1.82 bits per heavy atom. The summed E-state index contributed by atoms with van der Waals surface area (Å²) < 4.78 is 4.33. The van der Waals surface area contributed by atoms with E-state index in [1.807, 2.05) is 49.4 Å². The largest absolute Gasteiger partial charge is 0.400 e. The molecule has 0 atom stereocenters. The van der Waals surface area contributed by atoms with E-state index < -0.39 is 0 Å². The van der Waals surface area contributed by atoms with Crippen LogP contribution >= 0.6 is 23.3 Å². The fourth-order valence-electron chi connectivity index (χ4n) is 2.35. The molecule has 0 fully saturated rings. The van der Waals surface area contributed by atoms with E-state index >= 15 is 0 Å². The predicted molar refractivity (Wildman–Crippen MR) is 140 cm³/mol. The number of nitrogens with zero attached hydrogens (tertiary/aromatic N) is 2. The molecule has 0 radical (unpaired) electrons. The third-order valence-corrected chi connectivity index (χ3v) is 5.94. The Balaban J connectivity index is 0.000000398. The molecule has 2 aromatic carbocycles. The van der Waals surface area contributed by atoms with Crippen molar-refractivity contribution in [3.63, 3.8) is 0 Å². The standard InChI is InChI=1S/C15H18N4OS2.C8H7N.CH5NO/c16-13(11-19(17)8-9-20)10-18-22-15-7-6-14(21-15)12-4-2-1-3-5-12;1-7-2-4-8(6-9)5-3-7;1-2-3/h1-7,9,11,18H,8,10,16-17H2;2-5H,1H3;2-3H,1H3/b13-11-;;. The fourth-order valence-corrected chi connectivity index (χ4v) is 4.22. The lowest BCUT2D eigenvalue weighted by Gasteiger charge is -2.11. The number of rotatable bonds is 8. The van der Waals surface area contributed by atoms with Gasteiger partial charge in [0.1, 0.15) is 6.29 Å². The van der Waals surface area contributed by atoms with E-state index in [4.69, 9.17) is 22.0 Å². The fraction of sp³-hybridized carbons (Fsp3) is 0.167. The number of hydrogen-bond acceptors (Lipinski definition) is 10. The molecule has 0 amide bonds. The zero-order valence-corrected chi connectivity index (χ0v) is 20.8. The number of nitriles is 1. The topological polar surface area (TPSA) is 140 Å². The lowest BCUT2D eigenvalue weighted by Crippen LogP contribution is -2.29. The number of aldehydes is 1. The lowest BCUT2D eigenvalue weighted by molar-refractivity contribution is -0.108. The Morgan fingerprint density at radius 1 is 1.18 bits per heavy atom. The minimum atomic E-state index is 0.124. The molecule has 0 saturated carbocycles. The van der Waals surface area contributed by atoms with Crippen LogP contribution in [0.25, 0.3) is 10.4 Å². The molecule has 3 rings (SSSR count). The van der Waals surface area contributed by atoms with Crippen molar-refractivity contribution in [1.82, 2.24) is 15.2 Å². The number of thiophene rings is 1. The van der Waals surface area contributed by atoms with Crippen LogP contribution in [-0.4, -0.2) is 36.6 Å². The summed E-state index contributed by atoms with van der Waals surface area (Å²) in [5, 5.41) is 17.0. The van der Waals surface area contributed by atoms with Crippen molar-refractivity contribution in [2.24, 2.45) is 11.6 Å². The van der Waals surface area contributed by atoms with Crippen molar-refractivity contribution in [2.45, 2.75) is 11.1 Å². The number of hydroxylamine groups is 1. The quantitative estimate of drug-likeness (QED) is 0.136. The van der Waals surface area contributed by atoms with Gasteiger partial charge in [-0.2, -0.15) is 5.26 Å². The van der Waals surface area contributed by atoms with Crippen molar-refractivity contribution in [3.05, 3.63) is 89.8 Å². The van der Waals surface area contributed by atoms with Gasteiger partial charge in [-0.1, -0.05) is 48.0 Å². The summed E-state index contributed by atoms with van der Waals surface area (Å²) >= 11 is 3.24. The number of carbonyl (C=O) groups excluding carboxylic acids is 1. The lowest BCUT2D eigenvalue weighted by atomic mass is 10.2. The molecule has 1 heterocycles. The van der Waals surface area contributed by atoms with Crippen molar-refractivity contribution in [1.29, 1.82) is 5.26 Å². The van der Waals surface area contributed by atoms with Crippen LogP contribution in [0.4, 0.5) is 0 Å². The first-order chi connectivity index (χ1) is 16.4. The summed E-state index contributed by atoms with van der Waals surface area (Å²) in [7, 11) is 1.43. The van der Waals surface area contributed by atoms with Gasteiger partial charge in [-0.3, -0.25) is 4.72 Å². The Bertz CT molecular complexity index is 1030. The second kappa shape index (κ2) is 17.3. The van der Waals surface area contributed by atoms with Gasteiger partial charge in [0.15, 0.2) is 0 Å². The smallest absolute Gasteiger partial charge is 0.140 e. The summed E-state index contributed by atoms with van der Waals surface area (Å²) in [6, 6.07) is 24.0. The molecule has 0 unspecified atom stereocenters. The highest BCUT2D eigenvalue weighted by Crippen LogP contribution is 2.32. The molecule has 0 spiro atoms. The van der Waals surface area contributed by atoms with Crippen molar-refractivity contribution < 1.29 is 10.0 Å². The van der Waals surface area contributed by atoms with Gasteiger partial charge in [0.25, 0.3) is 0 Å². The molecule has 8 nitrogen and oxygen atoms in total. The monoisotopic (exact) mass is 498 g/mol. The molecule has 10 heteroatoms. The van der Waals surface area contributed by atoms with E-state index in [2.05, 4.69) is 35.1 Å². The predicted octanol–water partition coefficient (Wildman–Crippen LogP) is 3.65. The first-order valence-corrected chi connectivity index (χ1v) is 11.8. The Hall–Kier alpha value is -3.17. The minimum absolute atomic E-state index is 0.124. The van der Waals surface area contributed by atoms with Crippen molar-refractivity contribution in [2.75, 3.05) is 20.1 Å². The molecule has 0 bridgehead atoms. The molecule has 180 valence electrons. The van der Waals surface area contributed by atoms with Crippen LogP contribution in [0.3, 0.4) is 0 Å². The average molecular weight is 499 g/mol. The molecule has 7 N–H and O–H groups in total. The van der Waals surface area contributed by atoms with Gasteiger partial charge in [0, 0.05) is 30.4 Å². The van der Waals surface area contributed by atoms with Gasteiger partial charge in [-0.05, 0) is 48.7 Å². The van der Waals surface area contributed by atoms with Crippen LogP contribution in [-0.2, 0) is 4.79 Å². The summed E-state index contributed by atoms with van der Waals surface area (Å²) in [4.78, 5) is 11.5. The van der Waals surface area contributed by atoms with Crippen LogP contribution in [0.2, 0.25) is 0 Å². The maximum atomic E-state index is 10.3. The van der Waals surface area contributed by atoms with E-state index in [1.54, 1.807) is 23.0 Å². The van der Waals surface area contributed by atoms with Crippen LogP contribution in [0, 0.1) is 18.3 Å². The number of hydrogen-bond donors (Lipinski definition) is 5. The molecule has 0 saturated heterocycles. The first kappa shape index (κ1) is 28.9. The van der Waals surface area contributed by atoms with E-state index in [0.717, 1.165) is 16.1 Å². The highest BCUT2D eigenvalue weighted by molar-refractivity contribution is 7.99. The molecular formula is C24H30N6O2S2.